The number of hydrogen-bond acceptors (Lipinski definition) is 4. The molecule has 0 fully saturated rings. The molecule has 0 aliphatic carbocycles. The molecule has 0 aromatic heterocycles. The van der Waals surface area contributed by atoms with Crippen LogP contribution in [0.2, 0.25) is 0 Å². The lowest BCUT2D eigenvalue weighted by Gasteiger charge is -2.07. The Morgan fingerprint density at radius 2 is 1.33 bits per heavy atom. The van der Waals surface area contributed by atoms with Crippen LogP contribution in [-0.4, -0.2) is 24.8 Å². The Balaban J connectivity index is 0.00000137. The molecule has 0 amide bonds. The number of carbonyl (C=O) groups is 2. The summed E-state index contributed by atoms with van der Waals surface area (Å²) in [5.74, 6) is 1.01. The predicted octanol–water partition coefficient (Wildman–Crippen LogP) is 2.65. The smallest absolute Gasteiger partial charge is 0.167 e. The maximum Gasteiger partial charge on any atom is 0.167 e. The number of Topliss-reactive ketones (excluding diaryl/α,β-unsaturated/α-hetero) is 2. The van der Waals surface area contributed by atoms with Crippen molar-refractivity contribution < 1.29 is 19.1 Å². The quantitative estimate of drug-likeness (QED) is 0.781. The number of benzene rings is 1. The van der Waals surface area contributed by atoms with Crippen molar-refractivity contribution in [1.82, 2.24) is 0 Å². The molecule has 0 aliphatic rings. The molecule has 0 atom stereocenters. The molecule has 0 N–H and O–H groups in total. The molecule has 4 nitrogen and oxygen atoms in total. The van der Waals surface area contributed by atoms with Gasteiger partial charge in [0.25, 0.3) is 0 Å². The lowest BCUT2D eigenvalue weighted by atomic mass is 10.3. The summed E-state index contributed by atoms with van der Waals surface area (Å²) in [6.45, 7) is 6.98. The van der Waals surface area contributed by atoms with Crippen LogP contribution >= 0.6 is 0 Å². The van der Waals surface area contributed by atoms with Crippen molar-refractivity contribution in [2.75, 3.05) is 13.2 Å². The Labute approximate surface area is 108 Å². The molecule has 0 bridgehead atoms. The molecule has 0 saturated heterocycles. The lowest BCUT2D eigenvalue weighted by Crippen LogP contribution is -2.08. The number of ether oxygens (including phenoxy) is 2. The molecule has 0 radical (unpaired) electrons. The molecule has 1 aromatic carbocycles. The van der Waals surface area contributed by atoms with Gasteiger partial charge in [0, 0.05) is 6.07 Å². The fourth-order valence-electron chi connectivity index (χ4n) is 1.02. The van der Waals surface area contributed by atoms with Crippen LogP contribution < -0.4 is 9.47 Å². The third kappa shape index (κ3) is 7.44. The summed E-state index contributed by atoms with van der Waals surface area (Å²) in [5, 5.41) is 0. The van der Waals surface area contributed by atoms with Crippen molar-refractivity contribution in [3.63, 3.8) is 0 Å². The van der Waals surface area contributed by atoms with Gasteiger partial charge >= 0.3 is 0 Å². The molecule has 100 valence electrons. The molecule has 0 saturated carbocycles. The summed E-state index contributed by atoms with van der Waals surface area (Å²) in [5.41, 5.74) is 0. The zero-order chi connectivity index (χ0) is 14.0. The zero-order valence-electron chi connectivity index (χ0n) is 11.4. The monoisotopic (exact) mass is 252 g/mol. The summed E-state index contributed by atoms with van der Waals surface area (Å²) >= 11 is 0. The minimum atomic E-state index is -0.0462. The maximum absolute atomic E-state index is 10.7. The predicted molar refractivity (Wildman–Crippen MR) is 70.1 cm³/mol. The second kappa shape index (κ2) is 9.22. The molecular formula is C14H20O4. The Bertz CT molecular complexity index is 352. The first-order chi connectivity index (χ1) is 8.58. The van der Waals surface area contributed by atoms with Crippen molar-refractivity contribution in [2.24, 2.45) is 0 Å². The molecule has 1 aromatic rings. The highest BCUT2D eigenvalue weighted by Crippen LogP contribution is 2.19. The summed E-state index contributed by atoms with van der Waals surface area (Å²) in [4.78, 5) is 21.4. The first-order valence-electron chi connectivity index (χ1n) is 5.92. The van der Waals surface area contributed by atoms with E-state index in [1.807, 2.05) is 13.8 Å². The summed E-state index contributed by atoms with van der Waals surface area (Å²) < 4.78 is 10.4. The highest BCUT2D eigenvalue weighted by molar-refractivity contribution is 5.77. The van der Waals surface area contributed by atoms with Gasteiger partial charge in [0.15, 0.2) is 11.6 Å². The average Bonchev–Trinajstić information content (AvgIpc) is 2.37. The van der Waals surface area contributed by atoms with Gasteiger partial charge in [0.05, 0.1) is 0 Å². The molecule has 0 unspecified atom stereocenters. The highest BCUT2D eigenvalue weighted by atomic mass is 16.5. The van der Waals surface area contributed by atoms with Crippen molar-refractivity contribution in [3.8, 4) is 11.5 Å². The summed E-state index contributed by atoms with van der Waals surface area (Å²) in [6.07, 6.45) is 0. The molecule has 4 heteroatoms. The van der Waals surface area contributed by atoms with Crippen LogP contribution in [0.1, 0.15) is 27.7 Å². The second-order valence-electron chi connectivity index (χ2n) is 3.46. The Morgan fingerprint density at radius 3 is 1.67 bits per heavy atom. The van der Waals surface area contributed by atoms with Gasteiger partial charge in [0.1, 0.15) is 24.7 Å². The van der Waals surface area contributed by atoms with E-state index < -0.39 is 0 Å². The fraction of sp³-hybridized carbons (Fsp3) is 0.429. The van der Waals surface area contributed by atoms with Gasteiger partial charge in [-0.1, -0.05) is 19.9 Å². The van der Waals surface area contributed by atoms with Gasteiger partial charge in [-0.15, -0.1) is 0 Å². The molecule has 0 spiro atoms. The summed E-state index contributed by atoms with van der Waals surface area (Å²) in [7, 11) is 0. The average molecular weight is 252 g/mol. The molecule has 0 heterocycles. The van der Waals surface area contributed by atoms with Crippen LogP contribution in [-0.2, 0) is 9.59 Å². The van der Waals surface area contributed by atoms with Crippen LogP contribution in [0, 0.1) is 0 Å². The van der Waals surface area contributed by atoms with Gasteiger partial charge < -0.3 is 9.47 Å². The van der Waals surface area contributed by atoms with Crippen molar-refractivity contribution in [1.29, 1.82) is 0 Å². The van der Waals surface area contributed by atoms with E-state index in [0.29, 0.717) is 11.5 Å². The van der Waals surface area contributed by atoms with E-state index in [9.17, 15) is 9.59 Å². The van der Waals surface area contributed by atoms with E-state index in [2.05, 4.69) is 0 Å². The Kier molecular flexibility index (Phi) is 8.27. The second-order valence-corrected chi connectivity index (χ2v) is 3.46. The minimum absolute atomic E-state index is 0.0379. The van der Waals surface area contributed by atoms with E-state index in [1.54, 1.807) is 24.3 Å². The molecule has 0 aliphatic heterocycles. The standard InChI is InChI=1S/C12H14O4.C2H6/c1-9(13)7-15-11-4-3-5-12(6-11)16-8-10(2)14;1-2/h3-6H,7-8H2,1-2H3;1-2H3. The fourth-order valence-corrected chi connectivity index (χ4v) is 1.02. The zero-order valence-corrected chi connectivity index (χ0v) is 11.4. The molecule has 1 rings (SSSR count). The van der Waals surface area contributed by atoms with E-state index in [1.165, 1.54) is 13.8 Å². The lowest BCUT2D eigenvalue weighted by molar-refractivity contribution is -0.119. The normalized spacial score (nSPS) is 8.89. The Morgan fingerprint density at radius 1 is 0.944 bits per heavy atom. The number of hydrogen-bond donors (Lipinski definition) is 0. The van der Waals surface area contributed by atoms with Gasteiger partial charge in [-0.3, -0.25) is 9.59 Å². The first-order valence-corrected chi connectivity index (χ1v) is 5.92. The largest absolute Gasteiger partial charge is 0.486 e. The number of rotatable bonds is 6. The minimum Gasteiger partial charge on any atom is -0.486 e. The highest BCUT2D eigenvalue weighted by Gasteiger charge is 2.00. The third-order valence-electron chi connectivity index (χ3n) is 1.69. The van der Waals surface area contributed by atoms with Crippen LogP contribution in [0.15, 0.2) is 24.3 Å². The number of carbonyl (C=O) groups excluding carboxylic acids is 2. The van der Waals surface area contributed by atoms with E-state index in [-0.39, 0.29) is 24.8 Å². The van der Waals surface area contributed by atoms with Crippen LogP contribution in [0.4, 0.5) is 0 Å². The van der Waals surface area contributed by atoms with Crippen molar-refractivity contribution in [3.05, 3.63) is 24.3 Å². The van der Waals surface area contributed by atoms with E-state index in [0.717, 1.165) is 0 Å². The molecular weight excluding hydrogens is 232 g/mol. The third-order valence-corrected chi connectivity index (χ3v) is 1.69. The topological polar surface area (TPSA) is 52.6 Å². The SMILES string of the molecule is CC.CC(=O)COc1cccc(OCC(C)=O)c1. The van der Waals surface area contributed by atoms with E-state index >= 15 is 0 Å². The maximum atomic E-state index is 10.7. The Hall–Kier alpha value is -1.84. The van der Waals surface area contributed by atoms with Crippen LogP contribution in [0.3, 0.4) is 0 Å². The molecule has 18 heavy (non-hydrogen) atoms. The van der Waals surface area contributed by atoms with E-state index in [4.69, 9.17) is 9.47 Å². The van der Waals surface area contributed by atoms with Crippen LogP contribution in [0.5, 0.6) is 11.5 Å². The summed E-state index contributed by atoms with van der Waals surface area (Å²) in [6, 6.07) is 6.84. The first kappa shape index (κ1) is 16.2. The van der Waals surface area contributed by atoms with Crippen molar-refractivity contribution in [2.45, 2.75) is 27.7 Å². The van der Waals surface area contributed by atoms with Crippen molar-refractivity contribution >= 4 is 11.6 Å². The number of ketones is 2. The van der Waals surface area contributed by atoms with Crippen LogP contribution in [0.25, 0.3) is 0 Å². The van der Waals surface area contributed by atoms with Gasteiger partial charge in [-0.2, -0.15) is 0 Å². The van der Waals surface area contributed by atoms with Gasteiger partial charge in [-0.25, -0.2) is 0 Å². The van der Waals surface area contributed by atoms with Gasteiger partial charge in [0.2, 0.25) is 0 Å². The van der Waals surface area contributed by atoms with Gasteiger partial charge in [-0.05, 0) is 26.0 Å².